The van der Waals surface area contributed by atoms with Crippen LogP contribution in [0.2, 0.25) is 0 Å². The number of rotatable bonds is 7. The molecule has 0 aliphatic rings. The van der Waals surface area contributed by atoms with E-state index in [-0.39, 0.29) is 30.5 Å². The summed E-state index contributed by atoms with van der Waals surface area (Å²) in [4.78, 5) is 36.4. The summed E-state index contributed by atoms with van der Waals surface area (Å²) in [5.41, 5.74) is 1.76. The van der Waals surface area contributed by atoms with E-state index in [1.54, 1.807) is 43.7 Å². The van der Waals surface area contributed by atoms with Crippen LogP contribution in [0.25, 0.3) is 11.4 Å². The van der Waals surface area contributed by atoms with E-state index in [0.717, 1.165) is 11.1 Å². The Labute approximate surface area is 161 Å². The summed E-state index contributed by atoms with van der Waals surface area (Å²) in [5, 5.41) is 9.32. The third-order valence-electron chi connectivity index (χ3n) is 3.89. The third-order valence-corrected chi connectivity index (χ3v) is 3.89. The predicted octanol–water partition coefficient (Wildman–Crippen LogP) is 2.43. The maximum Gasteiger partial charge on any atom is 0.249 e. The van der Waals surface area contributed by atoms with Crippen LogP contribution in [0.15, 0.2) is 47.4 Å². The molecule has 3 rings (SSSR count). The Bertz CT molecular complexity index is 957. The molecule has 0 radical (unpaired) electrons. The van der Waals surface area contributed by atoms with E-state index in [9.17, 15) is 9.59 Å². The lowest BCUT2D eigenvalue weighted by Gasteiger charge is -2.09. The van der Waals surface area contributed by atoms with Crippen molar-refractivity contribution in [3.8, 4) is 11.4 Å². The molecule has 144 valence electrons. The maximum absolute atomic E-state index is 12.1. The summed E-state index contributed by atoms with van der Waals surface area (Å²) < 4.78 is 5.21. The third kappa shape index (κ3) is 5.19. The molecular formula is C19H20N6O3. The fraction of sp³-hybridized carbons (Fsp3) is 0.263. The van der Waals surface area contributed by atoms with Crippen LogP contribution in [0.5, 0.6) is 0 Å². The van der Waals surface area contributed by atoms with Gasteiger partial charge in [0.1, 0.15) is 11.9 Å². The minimum atomic E-state index is -0.475. The second kappa shape index (κ2) is 8.85. The lowest BCUT2D eigenvalue weighted by molar-refractivity contribution is -0.125. The molecule has 9 heteroatoms. The number of carbonyl (C=O) groups is 2. The fourth-order valence-corrected chi connectivity index (χ4v) is 2.44. The lowest BCUT2D eigenvalue weighted by atomic mass is 10.2. The summed E-state index contributed by atoms with van der Waals surface area (Å²) in [6.07, 6.45) is 4.96. The number of aryl methyl sites for hydroxylation is 1. The van der Waals surface area contributed by atoms with Crippen molar-refractivity contribution in [1.82, 2.24) is 25.4 Å². The summed E-state index contributed by atoms with van der Waals surface area (Å²) in [5.74, 6) is 0.604. The van der Waals surface area contributed by atoms with Gasteiger partial charge in [-0.05, 0) is 43.7 Å². The van der Waals surface area contributed by atoms with Gasteiger partial charge in [-0.25, -0.2) is 4.98 Å². The molecular weight excluding hydrogens is 360 g/mol. The quantitative estimate of drug-likeness (QED) is 0.645. The molecule has 3 aromatic heterocycles. The Kier molecular flexibility index (Phi) is 6.05. The Morgan fingerprint density at radius 2 is 1.86 bits per heavy atom. The first-order valence-corrected chi connectivity index (χ1v) is 8.77. The molecule has 0 aliphatic carbocycles. The normalized spacial score (nSPS) is 11.6. The Hall–Kier alpha value is -3.62. The summed E-state index contributed by atoms with van der Waals surface area (Å²) in [6.45, 7) is 3.64. The molecule has 0 saturated carbocycles. The molecule has 2 amide bonds. The van der Waals surface area contributed by atoms with Gasteiger partial charge in [0.15, 0.2) is 0 Å². The van der Waals surface area contributed by atoms with Crippen molar-refractivity contribution < 1.29 is 14.1 Å². The van der Waals surface area contributed by atoms with Crippen LogP contribution in [0.4, 0.5) is 5.82 Å². The van der Waals surface area contributed by atoms with Gasteiger partial charge in [0.25, 0.3) is 0 Å². The van der Waals surface area contributed by atoms with Crippen LogP contribution in [0.1, 0.15) is 37.3 Å². The van der Waals surface area contributed by atoms with Crippen LogP contribution in [-0.4, -0.2) is 31.9 Å². The molecule has 3 heterocycles. The van der Waals surface area contributed by atoms with E-state index in [1.165, 1.54) is 0 Å². The molecule has 2 N–H and O–H groups in total. The van der Waals surface area contributed by atoms with Gasteiger partial charge in [-0.3, -0.25) is 14.6 Å². The first-order chi connectivity index (χ1) is 13.5. The topological polar surface area (TPSA) is 123 Å². The molecule has 9 nitrogen and oxygen atoms in total. The summed E-state index contributed by atoms with van der Waals surface area (Å²) in [7, 11) is 0. The maximum atomic E-state index is 12.1. The number of aromatic nitrogens is 4. The Balaban J connectivity index is 1.48. The number of hydrogen-bond donors (Lipinski definition) is 2. The van der Waals surface area contributed by atoms with E-state index in [2.05, 4.69) is 30.7 Å². The summed E-state index contributed by atoms with van der Waals surface area (Å²) in [6, 6.07) is 6.65. The molecule has 3 aromatic rings. The number of amides is 2. The number of nitrogens with one attached hydrogen (secondary N) is 2. The van der Waals surface area contributed by atoms with Gasteiger partial charge in [0.05, 0.1) is 0 Å². The van der Waals surface area contributed by atoms with Gasteiger partial charge < -0.3 is 15.2 Å². The molecule has 0 spiro atoms. The van der Waals surface area contributed by atoms with Gasteiger partial charge in [0.2, 0.25) is 23.5 Å². The lowest BCUT2D eigenvalue weighted by Crippen LogP contribution is -2.28. The second-order valence-corrected chi connectivity index (χ2v) is 6.25. The van der Waals surface area contributed by atoms with Crippen LogP contribution in [0, 0.1) is 6.92 Å². The highest BCUT2D eigenvalue weighted by atomic mass is 16.5. The van der Waals surface area contributed by atoms with Crippen LogP contribution < -0.4 is 10.6 Å². The monoisotopic (exact) mass is 380 g/mol. The first kappa shape index (κ1) is 19.2. The highest BCUT2D eigenvalue weighted by Crippen LogP contribution is 2.17. The van der Waals surface area contributed by atoms with E-state index in [4.69, 9.17) is 4.52 Å². The number of nitrogens with zero attached hydrogens (tertiary/aromatic N) is 4. The fourth-order valence-electron chi connectivity index (χ4n) is 2.44. The molecule has 1 atom stereocenters. The number of carbonyl (C=O) groups excluding carboxylic acids is 2. The van der Waals surface area contributed by atoms with Crippen molar-refractivity contribution in [1.29, 1.82) is 0 Å². The molecule has 28 heavy (non-hydrogen) atoms. The second-order valence-electron chi connectivity index (χ2n) is 6.25. The molecule has 0 bridgehead atoms. The van der Waals surface area contributed by atoms with Crippen LogP contribution in [0.3, 0.4) is 0 Å². The Morgan fingerprint density at radius 1 is 1.11 bits per heavy atom. The van der Waals surface area contributed by atoms with E-state index < -0.39 is 6.04 Å². The number of hydrogen-bond acceptors (Lipinski definition) is 7. The zero-order valence-electron chi connectivity index (χ0n) is 15.5. The SMILES string of the molecule is Cc1ccnc(NC(=O)CCC(=O)N[C@H](C)c2nc(-c3ccncc3)no2)c1. The predicted molar refractivity (Wildman–Crippen MR) is 101 cm³/mol. The minimum absolute atomic E-state index is 0.0351. The van der Waals surface area contributed by atoms with E-state index in [0.29, 0.717) is 11.6 Å². The number of pyridine rings is 2. The molecule has 0 aliphatic heterocycles. The van der Waals surface area contributed by atoms with Gasteiger partial charge in [-0.2, -0.15) is 4.98 Å². The van der Waals surface area contributed by atoms with E-state index in [1.807, 2.05) is 13.0 Å². The highest BCUT2D eigenvalue weighted by Gasteiger charge is 2.18. The van der Waals surface area contributed by atoms with Crippen LogP contribution >= 0.6 is 0 Å². The van der Waals surface area contributed by atoms with Gasteiger partial charge >= 0.3 is 0 Å². The van der Waals surface area contributed by atoms with Gasteiger partial charge in [-0.1, -0.05) is 5.16 Å². The number of anilines is 1. The molecule has 0 fully saturated rings. The average Bonchev–Trinajstić information content (AvgIpc) is 3.17. The standard InChI is InChI=1S/C19H20N6O3/c1-12-5-10-21-15(11-12)23-17(27)4-3-16(26)22-13(2)19-24-18(25-28-19)14-6-8-20-9-7-14/h5-11,13H,3-4H2,1-2H3,(H,22,26)(H,21,23,27)/t13-/m1/s1. The highest BCUT2D eigenvalue weighted by molar-refractivity contribution is 5.92. The first-order valence-electron chi connectivity index (χ1n) is 8.77. The molecule has 0 unspecified atom stereocenters. The summed E-state index contributed by atoms with van der Waals surface area (Å²) >= 11 is 0. The largest absolute Gasteiger partial charge is 0.345 e. The van der Waals surface area contributed by atoms with Crippen molar-refractivity contribution in [2.45, 2.75) is 32.7 Å². The van der Waals surface area contributed by atoms with Gasteiger partial charge in [0, 0.05) is 37.0 Å². The van der Waals surface area contributed by atoms with Gasteiger partial charge in [-0.15, -0.1) is 0 Å². The van der Waals surface area contributed by atoms with Crippen molar-refractivity contribution in [3.05, 3.63) is 54.3 Å². The molecule has 0 saturated heterocycles. The van der Waals surface area contributed by atoms with Crippen molar-refractivity contribution in [2.75, 3.05) is 5.32 Å². The Morgan fingerprint density at radius 3 is 2.61 bits per heavy atom. The zero-order valence-corrected chi connectivity index (χ0v) is 15.5. The minimum Gasteiger partial charge on any atom is -0.345 e. The molecule has 0 aromatic carbocycles. The van der Waals surface area contributed by atoms with Crippen LogP contribution in [-0.2, 0) is 9.59 Å². The van der Waals surface area contributed by atoms with Crippen molar-refractivity contribution in [2.24, 2.45) is 0 Å². The zero-order chi connectivity index (χ0) is 19.9. The van der Waals surface area contributed by atoms with E-state index >= 15 is 0 Å². The van der Waals surface area contributed by atoms with Crippen molar-refractivity contribution in [3.63, 3.8) is 0 Å². The average molecular weight is 380 g/mol. The van der Waals surface area contributed by atoms with Crippen molar-refractivity contribution >= 4 is 17.6 Å². The smallest absolute Gasteiger partial charge is 0.249 e.